The highest BCUT2D eigenvalue weighted by atomic mass is 35.5. The molecular formula is C19H25ClN2O. The number of hydrogen-bond acceptors (Lipinski definition) is 2. The van der Waals surface area contributed by atoms with Crippen LogP contribution in [0.15, 0.2) is 54.6 Å². The van der Waals surface area contributed by atoms with Crippen molar-refractivity contribution in [2.75, 3.05) is 0 Å². The van der Waals surface area contributed by atoms with Crippen LogP contribution in [0.4, 0.5) is 0 Å². The van der Waals surface area contributed by atoms with Crippen molar-refractivity contribution in [3.8, 4) is 0 Å². The topological polar surface area (TPSA) is 55.1 Å². The van der Waals surface area contributed by atoms with Crippen LogP contribution in [0.25, 0.3) is 0 Å². The number of rotatable bonds is 6. The van der Waals surface area contributed by atoms with E-state index in [-0.39, 0.29) is 24.4 Å². The molecule has 3 N–H and O–H groups in total. The van der Waals surface area contributed by atoms with E-state index in [0.717, 1.165) is 11.1 Å². The zero-order valence-electron chi connectivity index (χ0n) is 13.7. The van der Waals surface area contributed by atoms with E-state index in [1.807, 2.05) is 30.3 Å². The number of amides is 1. The molecule has 2 aromatic rings. The number of carbonyl (C=O) groups excluding carboxylic acids is 1. The lowest BCUT2D eigenvalue weighted by atomic mass is 10.0. The lowest BCUT2D eigenvalue weighted by Gasteiger charge is -2.12. The lowest BCUT2D eigenvalue weighted by Crippen LogP contribution is -2.27. The Morgan fingerprint density at radius 2 is 1.61 bits per heavy atom. The van der Waals surface area contributed by atoms with Gasteiger partial charge in [-0.05, 0) is 22.6 Å². The predicted molar refractivity (Wildman–Crippen MR) is 97.6 cm³/mol. The molecule has 1 unspecified atom stereocenters. The summed E-state index contributed by atoms with van der Waals surface area (Å²) in [6.07, 6.45) is 0.300. The lowest BCUT2D eigenvalue weighted by molar-refractivity contribution is -0.121. The first-order valence-corrected chi connectivity index (χ1v) is 7.72. The summed E-state index contributed by atoms with van der Waals surface area (Å²) >= 11 is 0. The number of benzene rings is 2. The molecule has 0 fully saturated rings. The first-order chi connectivity index (χ1) is 10.6. The van der Waals surface area contributed by atoms with Crippen molar-refractivity contribution in [1.82, 2.24) is 5.32 Å². The number of halogens is 1. The summed E-state index contributed by atoms with van der Waals surface area (Å²) in [5.74, 6) is 0.497. The van der Waals surface area contributed by atoms with E-state index >= 15 is 0 Å². The zero-order chi connectivity index (χ0) is 15.9. The van der Waals surface area contributed by atoms with Gasteiger partial charge in [0.2, 0.25) is 5.91 Å². The maximum absolute atomic E-state index is 12.0. The van der Waals surface area contributed by atoms with Gasteiger partial charge in [0, 0.05) is 19.0 Å². The Bertz CT molecular complexity index is 597. The molecule has 124 valence electrons. The number of nitrogens with one attached hydrogen (secondary N) is 1. The van der Waals surface area contributed by atoms with Crippen LogP contribution in [0.1, 0.15) is 48.9 Å². The molecule has 2 rings (SSSR count). The summed E-state index contributed by atoms with van der Waals surface area (Å²) in [7, 11) is 0. The molecule has 0 aliphatic rings. The van der Waals surface area contributed by atoms with Gasteiger partial charge in [-0.15, -0.1) is 12.4 Å². The van der Waals surface area contributed by atoms with Gasteiger partial charge in [0.25, 0.3) is 0 Å². The SMILES string of the molecule is CC(C)c1ccc(CNC(=O)CC(N)c2ccccc2)cc1.Cl. The van der Waals surface area contributed by atoms with Gasteiger partial charge in [0.1, 0.15) is 0 Å². The van der Waals surface area contributed by atoms with Crippen LogP contribution in [0.3, 0.4) is 0 Å². The van der Waals surface area contributed by atoms with Gasteiger partial charge >= 0.3 is 0 Å². The van der Waals surface area contributed by atoms with Crippen molar-refractivity contribution >= 4 is 18.3 Å². The maximum Gasteiger partial charge on any atom is 0.222 e. The maximum atomic E-state index is 12.0. The summed E-state index contributed by atoms with van der Waals surface area (Å²) in [5, 5.41) is 2.93. The molecule has 0 heterocycles. The molecular weight excluding hydrogens is 308 g/mol. The van der Waals surface area contributed by atoms with E-state index < -0.39 is 0 Å². The van der Waals surface area contributed by atoms with Gasteiger partial charge in [0.05, 0.1) is 0 Å². The molecule has 0 saturated heterocycles. The molecule has 0 bridgehead atoms. The highest BCUT2D eigenvalue weighted by Crippen LogP contribution is 2.15. The smallest absolute Gasteiger partial charge is 0.222 e. The Hall–Kier alpha value is -1.84. The molecule has 0 spiro atoms. The monoisotopic (exact) mass is 332 g/mol. The van der Waals surface area contributed by atoms with Gasteiger partial charge < -0.3 is 11.1 Å². The third-order valence-electron chi connectivity index (χ3n) is 3.77. The van der Waals surface area contributed by atoms with Crippen LogP contribution >= 0.6 is 12.4 Å². The largest absolute Gasteiger partial charge is 0.352 e. The average molecular weight is 333 g/mol. The molecule has 1 amide bonds. The summed E-state index contributed by atoms with van der Waals surface area (Å²) in [5.41, 5.74) is 9.45. The molecule has 1 atom stereocenters. The average Bonchev–Trinajstić information content (AvgIpc) is 2.54. The Kier molecular flexibility index (Phi) is 7.79. The Morgan fingerprint density at radius 3 is 2.17 bits per heavy atom. The summed E-state index contributed by atoms with van der Waals surface area (Å²) in [4.78, 5) is 12.0. The summed E-state index contributed by atoms with van der Waals surface area (Å²) in [6.45, 7) is 4.88. The van der Waals surface area contributed by atoms with Crippen LogP contribution in [-0.2, 0) is 11.3 Å². The van der Waals surface area contributed by atoms with E-state index in [2.05, 4.69) is 43.4 Å². The van der Waals surface area contributed by atoms with E-state index in [1.165, 1.54) is 5.56 Å². The molecule has 2 aromatic carbocycles. The zero-order valence-corrected chi connectivity index (χ0v) is 14.5. The van der Waals surface area contributed by atoms with Crippen LogP contribution in [0, 0.1) is 0 Å². The number of nitrogens with two attached hydrogens (primary N) is 1. The second kappa shape index (κ2) is 9.33. The molecule has 4 heteroatoms. The summed E-state index contributed by atoms with van der Waals surface area (Å²) < 4.78 is 0. The Balaban J connectivity index is 0.00000264. The van der Waals surface area contributed by atoms with Gasteiger partial charge in [-0.3, -0.25) is 4.79 Å². The molecule has 0 aliphatic carbocycles. The number of hydrogen-bond donors (Lipinski definition) is 2. The molecule has 3 nitrogen and oxygen atoms in total. The fraction of sp³-hybridized carbons (Fsp3) is 0.316. The molecule has 0 aliphatic heterocycles. The van der Waals surface area contributed by atoms with Crippen LogP contribution < -0.4 is 11.1 Å². The van der Waals surface area contributed by atoms with Crippen molar-refractivity contribution < 1.29 is 4.79 Å². The normalized spacial score (nSPS) is 11.7. The second-order valence-electron chi connectivity index (χ2n) is 5.89. The first-order valence-electron chi connectivity index (χ1n) is 7.72. The van der Waals surface area contributed by atoms with Gasteiger partial charge in [0.15, 0.2) is 0 Å². The van der Waals surface area contributed by atoms with Gasteiger partial charge in [-0.25, -0.2) is 0 Å². The van der Waals surface area contributed by atoms with Crippen LogP contribution in [-0.4, -0.2) is 5.91 Å². The van der Waals surface area contributed by atoms with Crippen molar-refractivity contribution in [1.29, 1.82) is 0 Å². The van der Waals surface area contributed by atoms with E-state index in [1.54, 1.807) is 0 Å². The minimum atomic E-state index is -0.260. The van der Waals surface area contributed by atoms with E-state index in [0.29, 0.717) is 18.9 Å². The van der Waals surface area contributed by atoms with Crippen molar-refractivity contribution in [3.63, 3.8) is 0 Å². The highest BCUT2D eigenvalue weighted by Gasteiger charge is 2.11. The minimum absolute atomic E-state index is 0. The number of carbonyl (C=O) groups is 1. The third kappa shape index (κ3) is 6.05. The quantitative estimate of drug-likeness (QED) is 0.841. The molecule has 23 heavy (non-hydrogen) atoms. The predicted octanol–water partition coefficient (Wildman–Crippen LogP) is 3.94. The third-order valence-corrected chi connectivity index (χ3v) is 3.77. The van der Waals surface area contributed by atoms with E-state index in [9.17, 15) is 4.79 Å². The van der Waals surface area contributed by atoms with Gasteiger partial charge in [-0.1, -0.05) is 68.4 Å². The Morgan fingerprint density at radius 1 is 1.00 bits per heavy atom. The van der Waals surface area contributed by atoms with Crippen molar-refractivity contribution in [2.45, 2.75) is 38.8 Å². The van der Waals surface area contributed by atoms with Crippen molar-refractivity contribution in [2.24, 2.45) is 5.73 Å². The Labute approximate surface area is 144 Å². The fourth-order valence-electron chi connectivity index (χ4n) is 2.31. The van der Waals surface area contributed by atoms with Crippen LogP contribution in [0.2, 0.25) is 0 Å². The minimum Gasteiger partial charge on any atom is -0.352 e. The fourth-order valence-corrected chi connectivity index (χ4v) is 2.31. The standard InChI is InChI=1S/C19H24N2O.ClH/c1-14(2)16-10-8-15(9-11-16)13-21-19(22)12-18(20)17-6-4-3-5-7-17;/h3-11,14,18H,12-13,20H2,1-2H3,(H,21,22);1H. The summed E-state index contributed by atoms with van der Waals surface area (Å²) in [6, 6.07) is 17.8. The molecule has 0 aromatic heterocycles. The van der Waals surface area contributed by atoms with E-state index in [4.69, 9.17) is 5.73 Å². The van der Waals surface area contributed by atoms with Crippen LogP contribution in [0.5, 0.6) is 0 Å². The molecule has 0 saturated carbocycles. The highest BCUT2D eigenvalue weighted by molar-refractivity contribution is 5.85. The second-order valence-corrected chi connectivity index (χ2v) is 5.89. The van der Waals surface area contributed by atoms with Gasteiger partial charge in [-0.2, -0.15) is 0 Å². The molecule has 0 radical (unpaired) electrons. The first kappa shape index (κ1) is 19.2. The van der Waals surface area contributed by atoms with Crippen molar-refractivity contribution in [3.05, 3.63) is 71.3 Å².